The van der Waals surface area contributed by atoms with Crippen LogP contribution >= 0.6 is 11.8 Å². The molecule has 30 heavy (non-hydrogen) atoms. The predicted octanol–water partition coefficient (Wildman–Crippen LogP) is 2.49. The molecule has 1 saturated heterocycles. The Bertz CT molecular complexity index is 819. The largest absolute Gasteiger partial charge is 0.395 e. The molecule has 6 nitrogen and oxygen atoms in total. The van der Waals surface area contributed by atoms with Crippen LogP contribution in [0.4, 0.5) is 10.5 Å². The summed E-state index contributed by atoms with van der Waals surface area (Å²) in [6.45, 7) is 3.73. The molecule has 0 atom stereocenters. The van der Waals surface area contributed by atoms with Gasteiger partial charge in [-0.15, -0.1) is 0 Å². The number of nitrogens with zero attached hydrogens (tertiary/aromatic N) is 3. The number of hydrogen-bond acceptors (Lipinski definition) is 5. The second-order valence-corrected chi connectivity index (χ2v) is 8.23. The summed E-state index contributed by atoms with van der Waals surface area (Å²) in [6, 6.07) is 12.3. The fourth-order valence-electron chi connectivity index (χ4n) is 3.40. The van der Waals surface area contributed by atoms with Gasteiger partial charge in [0.2, 0.25) is 0 Å². The topological polar surface area (TPSA) is 67.9 Å². The van der Waals surface area contributed by atoms with Crippen molar-refractivity contribution in [3.63, 3.8) is 0 Å². The molecule has 0 bridgehead atoms. The number of carbonyl (C=O) groups is 1. The number of benzene rings is 1. The van der Waals surface area contributed by atoms with E-state index in [0.29, 0.717) is 13.1 Å². The number of aryl methyl sites for hydroxylation is 1. The standard InChI is InChI=1S/C23H30N3O3S/c27-17-14-25(15-18-28)22-6-4-20(5-7-22)2-3-21-8-12-24(13-9-21)10-1-11-26-16-19-30-23(26)29/h2-9,12-13,27-28H,1,10-11,14-19H2/q+1. The summed E-state index contributed by atoms with van der Waals surface area (Å²) < 4.78 is 2.15. The Morgan fingerprint density at radius 2 is 1.63 bits per heavy atom. The van der Waals surface area contributed by atoms with Gasteiger partial charge in [-0.1, -0.05) is 36.0 Å². The van der Waals surface area contributed by atoms with E-state index in [2.05, 4.69) is 41.2 Å². The van der Waals surface area contributed by atoms with Crippen molar-refractivity contribution in [2.45, 2.75) is 13.0 Å². The minimum Gasteiger partial charge on any atom is -0.395 e. The Morgan fingerprint density at radius 3 is 2.20 bits per heavy atom. The molecule has 0 aliphatic carbocycles. The smallest absolute Gasteiger partial charge is 0.281 e. The molecule has 1 aliphatic rings. The molecule has 1 aromatic carbocycles. The first-order chi connectivity index (χ1) is 14.7. The number of aromatic nitrogens is 1. The van der Waals surface area contributed by atoms with Crippen LogP contribution in [0.3, 0.4) is 0 Å². The number of thioether (sulfide) groups is 1. The maximum atomic E-state index is 11.6. The van der Waals surface area contributed by atoms with Crippen LogP contribution in [0.15, 0.2) is 48.8 Å². The van der Waals surface area contributed by atoms with Gasteiger partial charge in [0.05, 0.1) is 13.2 Å². The molecule has 0 saturated carbocycles. The van der Waals surface area contributed by atoms with Crippen molar-refractivity contribution in [1.29, 1.82) is 0 Å². The van der Waals surface area contributed by atoms with Crippen LogP contribution in [0.1, 0.15) is 17.5 Å². The zero-order valence-corrected chi connectivity index (χ0v) is 18.0. The summed E-state index contributed by atoms with van der Waals surface area (Å²) in [4.78, 5) is 15.5. The van der Waals surface area contributed by atoms with E-state index in [9.17, 15) is 4.79 Å². The molecule has 2 heterocycles. The van der Waals surface area contributed by atoms with Gasteiger partial charge < -0.3 is 20.0 Å². The number of aliphatic hydroxyl groups excluding tert-OH is 2. The Hall–Kier alpha value is -2.35. The monoisotopic (exact) mass is 428 g/mol. The minimum absolute atomic E-state index is 0.0606. The normalized spacial score (nSPS) is 14.1. The van der Waals surface area contributed by atoms with Crippen molar-refractivity contribution in [3.8, 4) is 0 Å². The molecule has 1 aromatic heterocycles. The summed E-state index contributed by atoms with van der Waals surface area (Å²) >= 11 is 1.41. The number of rotatable bonds is 11. The first-order valence-corrected chi connectivity index (χ1v) is 11.3. The number of carbonyl (C=O) groups excluding carboxylic acids is 1. The van der Waals surface area contributed by atoms with E-state index in [4.69, 9.17) is 10.2 Å². The fraction of sp³-hybridized carbons (Fsp3) is 0.391. The summed E-state index contributed by atoms with van der Waals surface area (Å²) in [6.07, 6.45) is 9.26. The van der Waals surface area contributed by atoms with Crippen molar-refractivity contribution in [2.75, 3.05) is 50.0 Å². The lowest BCUT2D eigenvalue weighted by molar-refractivity contribution is -0.697. The lowest BCUT2D eigenvalue weighted by atomic mass is 10.1. The molecule has 1 fully saturated rings. The van der Waals surface area contributed by atoms with E-state index in [1.54, 1.807) is 0 Å². The molecule has 0 spiro atoms. The number of aliphatic hydroxyl groups is 2. The first kappa shape index (κ1) is 22.3. The zero-order chi connectivity index (χ0) is 21.2. The Labute approximate surface area is 182 Å². The van der Waals surface area contributed by atoms with Crippen LogP contribution in [0.25, 0.3) is 12.2 Å². The summed E-state index contributed by atoms with van der Waals surface area (Å²) in [7, 11) is 0. The van der Waals surface area contributed by atoms with E-state index in [-0.39, 0.29) is 18.5 Å². The van der Waals surface area contributed by atoms with Gasteiger partial charge in [0, 0.05) is 56.2 Å². The molecular formula is C23H30N3O3S+. The van der Waals surface area contributed by atoms with Crippen molar-refractivity contribution in [2.24, 2.45) is 0 Å². The minimum atomic E-state index is 0.0606. The molecular weight excluding hydrogens is 398 g/mol. The molecule has 2 N–H and O–H groups in total. The third-order valence-corrected chi connectivity index (χ3v) is 5.96. The highest BCUT2D eigenvalue weighted by Gasteiger charge is 2.20. The Balaban J connectivity index is 1.50. The lowest BCUT2D eigenvalue weighted by Crippen LogP contribution is -2.35. The van der Waals surface area contributed by atoms with Crippen LogP contribution in [-0.2, 0) is 6.54 Å². The Morgan fingerprint density at radius 1 is 1.00 bits per heavy atom. The highest BCUT2D eigenvalue weighted by molar-refractivity contribution is 8.13. The van der Waals surface area contributed by atoms with Gasteiger partial charge in [0.25, 0.3) is 5.24 Å². The maximum absolute atomic E-state index is 11.6. The first-order valence-electron chi connectivity index (χ1n) is 10.4. The van der Waals surface area contributed by atoms with E-state index >= 15 is 0 Å². The fourth-order valence-corrected chi connectivity index (χ4v) is 4.25. The molecule has 0 radical (unpaired) electrons. The van der Waals surface area contributed by atoms with Gasteiger partial charge in [-0.3, -0.25) is 4.79 Å². The molecule has 2 aromatic rings. The van der Waals surface area contributed by atoms with Crippen LogP contribution in [0.5, 0.6) is 0 Å². The average molecular weight is 429 g/mol. The molecule has 1 aliphatic heterocycles. The SMILES string of the molecule is O=C1SCCN1CCC[n+]1ccc(/C=C/c2ccc(N(CCO)CCO)cc2)cc1. The van der Waals surface area contributed by atoms with Gasteiger partial charge in [-0.2, -0.15) is 0 Å². The quantitative estimate of drug-likeness (QED) is 0.539. The van der Waals surface area contributed by atoms with Gasteiger partial charge >= 0.3 is 0 Å². The van der Waals surface area contributed by atoms with Gasteiger partial charge in [0.1, 0.15) is 6.54 Å². The maximum Gasteiger partial charge on any atom is 0.281 e. The third-order valence-electron chi connectivity index (χ3n) is 5.07. The molecule has 0 unspecified atom stereocenters. The summed E-state index contributed by atoms with van der Waals surface area (Å²) in [5, 5.41) is 18.5. The molecule has 3 rings (SSSR count). The highest BCUT2D eigenvalue weighted by Crippen LogP contribution is 2.17. The average Bonchev–Trinajstić information content (AvgIpc) is 3.18. The highest BCUT2D eigenvalue weighted by atomic mass is 32.2. The van der Waals surface area contributed by atoms with Crippen LogP contribution in [-0.4, -0.2) is 65.5 Å². The van der Waals surface area contributed by atoms with E-state index < -0.39 is 0 Å². The van der Waals surface area contributed by atoms with Gasteiger partial charge in [-0.05, 0) is 23.3 Å². The summed E-state index contributed by atoms with van der Waals surface area (Å²) in [5.41, 5.74) is 3.21. The Kier molecular flexibility index (Phi) is 8.74. The summed E-state index contributed by atoms with van der Waals surface area (Å²) in [5.74, 6) is 0.916. The molecule has 1 amide bonds. The number of hydrogen-bond donors (Lipinski definition) is 2. The van der Waals surface area contributed by atoms with Crippen molar-refractivity contribution >= 4 is 34.8 Å². The predicted molar refractivity (Wildman–Crippen MR) is 122 cm³/mol. The number of amides is 1. The molecule has 7 heteroatoms. The second-order valence-electron chi connectivity index (χ2n) is 7.18. The van der Waals surface area contributed by atoms with E-state index in [1.807, 2.05) is 34.1 Å². The third kappa shape index (κ3) is 6.58. The van der Waals surface area contributed by atoms with Crippen LogP contribution < -0.4 is 9.47 Å². The van der Waals surface area contributed by atoms with Gasteiger partial charge in [0.15, 0.2) is 12.4 Å². The lowest BCUT2D eigenvalue weighted by Gasteiger charge is -2.22. The van der Waals surface area contributed by atoms with E-state index in [0.717, 1.165) is 48.6 Å². The van der Waals surface area contributed by atoms with Crippen molar-refractivity contribution in [3.05, 3.63) is 59.9 Å². The second kappa shape index (κ2) is 11.7. The number of anilines is 1. The number of pyridine rings is 1. The van der Waals surface area contributed by atoms with E-state index in [1.165, 1.54) is 11.8 Å². The van der Waals surface area contributed by atoms with Crippen LogP contribution in [0, 0.1) is 0 Å². The van der Waals surface area contributed by atoms with Crippen LogP contribution in [0.2, 0.25) is 0 Å². The zero-order valence-electron chi connectivity index (χ0n) is 17.2. The van der Waals surface area contributed by atoms with Gasteiger partial charge in [-0.25, -0.2) is 4.57 Å². The van der Waals surface area contributed by atoms with Crippen molar-refractivity contribution < 1.29 is 19.6 Å². The van der Waals surface area contributed by atoms with Crippen molar-refractivity contribution in [1.82, 2.24) is 4.90 Å². The molecule has 160 valence electrons.